The summed E-state index contributed by atoms with van der Waals surface area (Å²) in [6, 6.07) is 14.9. The summed E-state index contributed by atoms with van der Waals surface area (Å²) in [5.41, 5.74) is 2.65. The van der Waals surface area contributed by atoms with Crippen molar-refractivity contribution < 1.29 is 23.9 Å². The Kier molecular flexibility index (Phi) is 8.61. The lowest BCUT2D eigenvalue weighted by Gasteiger charge is -2.28. The Balaban J connectivity index is 1.23. The van der Waals surface area contributed by atoms with Gasteiger partial charge in [0, 0.05) is 25.1 Å². The number of aliphatic carboxylic acids is 1. The molecule has 0 spiro atoms. The first kappa shape index (κ1) is 26.4. The standard InChI is InChI=1S/C28H30ClN3O5/c1-17-26(32-28(37-17)22-4-2-3-5-23(22)29)27(36)30-15-14-24(33)31-21-12-10-20(11-13-21)19-8-6-18(7-9-19)16-25(34)35/h2-5,10-13,18-19H,6-9,14-16H2,1H3,(H,30,36)(H,31,33)(H,34,35). The van der Waals surface area contributed by atoms with Crippen LogP contribution in [0.3, 0.4) is 0 Å². The maximum Gasteiger partial charge on any atom is 0.303 e. The maximum atomic E-state index is 12.6. The Hall–Kier alpha value is -3.65. The van der Waals surface area contributed by atoms with Gasteiger partial charge in [-0.2, -0.15) is 0 Å². The van der Waals surface area contributed by atoms with Crippen LogP contribution in [0.4, 0.5) is 5.69 Å². The zero-order chi connectivity index (χ0) is 26.4. The number of amides is 2. The molecule has 1 aromatic heterocycles. The largest absolute Gasteiger partial charge is 0.481 e. The van der Waals surface area contributed by atoms with Gasteiger partial charge in [0.2, 0.25) is 11.8 Å². The number of nitrogens with zero attached hydrogens (tertiary/aromatic N) is 1. The molecule has 4 rings (SSSR count). The van der Waals surface area contributed by atoms with Gasteiger partial charge < -0.3 is 20.2 Å². The number of carbonyl (C=O) groups excluding carboxylic acids is 2. The number of hydrogen-bond donors (Lipinski definition) is 3. The predicted octanol–water partition coefficient (Wildman–Crippen LogP) is 5.81. The lowest BCUT2D eigenvalue weighted by molar-refractivity contribution is -0.138. The zero-order valence-electron chi connectivity index (χ0n) is 20.6. The highest BCUT2D eigenvalue weighted by Gasteiger charge is 2.24. The van der Waals surface area contributed by atoms with Crippen molar-refractivity contribution in [3.63, 3.8) is 0 Å². The maximum absolute atomic E-state index is 12.6. The molecule has 1 fully saturated rings. The Morgan fingerprint density at radius 3 is 2.43 bits per heavy atom. The quantitative estimate of drug-likeness (QED) is 0.325. The number of halogens is 1. The van der Waals surface area contributed by atoms with Crippen LogP contribution in [0.1, 0.15) is 66.3 Å². The fourth-order valence-electron chi connectivity index (χ4n) is 4.74. The molecule has 1 aliphatic rings. The van der Waals surface area contributed by atoms with E-state index in [0.717, 1.165) is 25.7 Å². The fraction of sp³-hybridized carbons (Fsp3) is 0.357. The van der Waals surface area contributed by atoms with Crippen LogP contribution in [0.25, 0.3) is 11.5 Å². The smallest absolute Gasteiger partial charge is 0.303 e. The summed E-state index contributed by atoms with van der Waals surface area (Å²) in [5, 5.41) is 15.0. The number of aryl methyl sites for hydroxylation is 1. The number of benzene rings is 2. The molecule has 8 nitrogen and oxygen atoms in total. The Labute approximate surface area is 220 Å². The number of carbonyl (C=O) groups is 3. The summed E-state index contributed by atoms with van der Waals surface area (Å²) in [6.45, 7) is 1.80. The van der Waals surface area contributed by atoms with Crippen LogP contribution in [0.15, 0.2) is 52.9 Å². The summed E-state index contributed by atoms with van der Waals surface area (Å²) < 4.78 is 5.62. The van der Waals surface area contributed by atoms with Crippen LogP contribution in [-0.2, 0) is 9.59 Å². The van der Waals surface area contributed by atoms with Crippen LogP contribution in [0, 0.1) is 12.8 Å². The highest BCUT2D eigenvalue weighted by Crippen LogP contribution is 2.37. The van der Waals surface area contributed by atoms with Crippen molar-refractivity contribution in [3.05, 3.63) is 70.6 Å². The van der Waals surface area contributed by atoms with Crippen molar-refractivity contribution in [1.29, 1.82) is 0 Å². The van der Waals surface area contributed by atoms with Crippen LogP contribution in [-0.4, -0.2) is 34.4 Å². The van der Waals surface area contributed by atoms with Crippen LogP contribution in [0.5, 0.6) is 0 Å². The predicted molar refractivity (Wildman–Crippen MR) is 141 cm³/mol. The highest BCUT2D eigenvalue weighted by atomic mass is 35.5. The number of nitrogens with one attached hydrogen (secondary N) is 2. The monoisotopic (exact) mass is 523 g/mol. The van der Waals surface area contributed by atoms with Gasteiger partial charge in [0.1, 0.15) is 5.76 Å². The molecule has 0 atom stereocenters. The summed E-state index contributed by atoms with van der Waals surface area (Å²) in [4.78, 5) is 40.1. The van der Waals surface area contributed by atoms with E-state index in [2.05, 4.69) is 15.6 Å². The minimum Gasteiger partial charge on any atom is -0.481 e. The van der Waals surface area contributed by atoms with Crippen molar-refractivity contribution >= 4 is 35.1 Å². The first-order chi connectivity index (χ1) is 17.8. The number of carboxylic acids is 1. The first-order valence-corrected chi connectivity index (χ1v) is 12.8. The molecule has 0 aliphatic heterocycles. The molecule has 0 bridgehead atoms. The first-order valence-electron chi connectivity index (χ1n) is 12.4. The molecular weight excluding hydrogens is 494 g/mol. The molecule has 1 saturated carbocycles. The molecule has 9 heteroatoms. The minimum atomic E-state index is -0.723. The Bertz CT molecular complexity index is 1260. The van der Waals surface area contributed by atoms with E-state index in [9.17, 15) is 14.4 Å². The third kappa shape index (κ3) is 6.98. The average Bonchev–Trinajstić information content (AvgIpc) is 3.26. The summed E-state index contributed by atoms with van der Waals surface area (Å²) in [5.74, 6) is -0.0338. The van der Waals surface area contributed by atoms with Crippen molar-refractivity contribution in [2.75, 3.05) is 11.9 Å². The topological polar surface area (TPSA) is 122 Å². The van der Waals surface area contributed by atoms with E-state index in [-0.39, 0.29) is 42.8 Å². The third-order valence-electron chi connectivity index (χ3n) is 6.73. The van der Waals surface area contributed by atoms with Gasteiger partial charge >= 0.3 is 5.97 Å². The van der Waals surface area contributed by atoms with E-state index in [0.29, 0.717) is 28.0 Å². The van der Waals surface area contributed by atoms with Crippen LogP contribution < -0.4 is 10.6 Å². The highest BCUT2D eigenvalue weighted by molar-refractivity contribution is 6.33. The number of anilines is 1. The van der Waals surface area contributed by atoms with Gasteiger partial charge in [-0.25, -0.2) is 4.98 Å². The number of oxazole rings is 1. The summed E-state index contributed by atoms with van der Waals surface area (Å²) >= 11 is 6.19. The second-order valence-electron chi connectivity index (χ2n) is 9.40. The molecule has 0 radical (unpaired) electrons. The van der Waals surface area contributed by atoms with Gasteiger partial charge in [0.25, 0.3) is 5.91 Å². The third-order valence-corrected chi connectivity index (χ3v) is 7.06. The average molecular weight is 524 g/mol. The van der Waals surface area contributed by atoms with E-state index in [1.165, 1.54) is 5.56 Å². The molecule has 37 heavy (non-hydrogen) atoms. The SMILES string of the molecule is Cc1oc(-c2ccccc2Cl)nc1C(=O)NCCC(=O)Nc1ccc(C2CCC(CC(=O)O)CC2)cc1. The van der Waals surface area contributed by atoms with Crippen molar-refractivity contribution in [3.8, 4) is 11.5 Å². The van der Waals surface area contributed by atoms with E-state index in [1.807, 2.05) is 30.3 Å². The van der Waals surface area contributed by atoms with Crippen molar-refractivity contribution in [2.24, 2.45) is 5.92 Å². The van der Waals surface area contributed by atoms with Crippen LogP contribution >= 0.6 is 11.6 Å². The van der Waals surface area contributed by atoms with Gasteiger partial charge in [-0.05, 0) is 74.3 Å². The van der Waals surface area contributed by atoms with E-state index in [1.54, 1.807) is 25.1 Å². The van der Waals surface area contributed by atoms with E-state index >= 15 is 0 Å². The normalized spacial score (nSPS) is 17.2. The van der Waals surface area contributed by atoms with Crippen molar-refractivity contribution in [1.82, 2.24) is 10.3 Å². The number of aromatic nitrogens is 1. The molecule has 1 aliphatic carbocycles. The van der Waals surface area contributed by atoms with Gasteiger partial charge in [-0.15, -0.1) is 0 Å². The second kappa shape index (κ2) is 12.1. The van der Waals surface area contributed by atoms with E-state index in [4.69, 9.17) is 21.1 Å². The van der Waals surface area contributed by atoms with Crippen LogP contribution in [0.2, 0.25) is 5.02 Å². The Morgan fingerprint density at radius 1 is 1.05 bits per heavy atom. The van der Waals surface area contributed by atoms with Crippen molar-refractivity contribution in [2.45, 2.75) is 51.4 Å². The molecule has 194 valence electrons. The second-order valence-corrected chi connectivity index (χ2v) is 9.80. The van der Waals surface area contributed by atoms with Gasteiger partial charge in [0.15, 0.2) is 5.69 Å². The number of hydrogen-bond acceptors (Lipinski definition) is 5. The molecule has 1 heterocycles. The lowest BCUT2D eigenvalue weighted by Crippen LogP contribution is -2.28. The molecular formula is C28H30ClN3O5. The van der Waals surface area contributed by atoms with Gasteiger partial charge in [0.05, 0.1) is 10.6 Å². The Morgan fingerprint density at radius 2 is 1.76 bits per heavy atom. The zero-order valence-corrected chi connectivity index (χ0v) is 21.4. The summed E-state index contributed by atoms with van der Waals surface area (Å²) in [6.07, 6.45) is 4.17. The molecule has 3 aromatic rings. The fourth-order valence-corrected chi connectivity index (χ4v) is 4.96. The molecule has 2 aromatic carbocycles. The lowest BCUT2D eigenvalue weighted by atomic mass is 9.77. The number of rotatable bonds is 9. The number of carboxylic acid groups (broad SMARTS) is 1. The molecule has 0 unspecified atom stereocenters. The van der Waals surface area contributed by atoms with E-state index < -0.39 is 11.9 Å². The molecule has 3 N–H and O–H groups in total. The summed E-state index contributed by atoms with van der Waals surface area (Å²) in [7, 11) is 0. The molecule has 0 saturated heterocycles. The van der Waals surface area contributed by atoms with Gasteiger partial charge in [-0.3, -0.25) is 14.4 Å². The van der Waals surface area contributed by atoms with Gasteiger partial charge in [-0.1, -0.05) is 35.9 Å². The molecule has 2 amide bonds. The minimum absolute atomic E-state index is 0.106.